The van der Waals surface area contributed by atoms with Crippen LogP contribution in [0.2, 0.25) is 5.02 Å². The molecule has 0 fully saturated rings. The van der Waals surface area contributed by atoms with E-state index in [2.05, 4.69) is 20.0 Å². The molecule has 0 aliphatic carbocycles. The summed E-state index contributed by atoms with van der Waals surface area (Å²) in [5.74, 6) is 0.840. The van der Waals surface area contributed by atoms with Crippen molar-refractivity contribution in [3.8, 4) is 5.75 Å². The molecule has 0 bridgehead atoms. The van der Waals surface area contributed by atoms with Crippen LogP contribution >= 0.6 is 11.6 Å². The van der Waals surface area contributed by atoms with E-state index in [1.807, 2.05) is 25.1 Å². The topological polar surface area (TPSA) is 68.9 Å². The Hall–Kier alpha value is -1.17. The van der Waals surface area contributed by atoms with E-state index in [4.69, 9.17) is 30.3 Å². The largest absolute Gasteiger partial charge is 0 e. The minimum Gasteiger partial charge on any atom is 0 e. The van der Waals surface area contributed by atoms with Gasteiger partial charge in [0, 0.05) is 27.7 Å². The molecular weight excluding hydrogens is 373 g/mol. The van der Waals surface area contributed by atoms with E-state index in [0.29, 0.717) is 0 Å². The fourth-order valence-corrected chi connectivity index (χ4v) is 0.975. The molecule has 0 unspecified atom stereocenters. The first-order valence-electron chi connectivity index (χ1n) is 4.53. The third-order valence-corrected chi connectivity index (χ3v) is 1.85. The zero-order chi connectivity index (χ0) is 18.1. The zero-order valence-corrected chi connectivity index (χ0v) is 13.1. The second kappa shape index (κ2) is 22.1. The van der Waals surface area contributed by atoms with Crippen LogP contribution in [0.3, 0.4) is 0 Å². The minimum absolute atomic E-state index is 0. The van der Waals surface area contributed by atoms with Gasteiger partial charge < -0.3 is 22.0 Å². The van der Waals surface area contributed by atoms with Gasteiger partial charge in [0.05, 0.1) is 7.11 Å². The van der Waals surface area contributed by atoms with Crippen molar-refractivity contribution in [3.63, 3.8) is 0 Å². The van der Waals surface area contributed by atoms with Gasteiger partial charge >= 0.3 is 41.2 Å². The molecule has 1 aromatic carbocycles. The average molecular weight is 382 g/mol. The van der Waals surface area contributed by atoms with E-state index in [9.17, 15) is 17.3 Å². The van der Waals surface area contributed by atoms with Crippen LogP contribution in [0.5, 0.6) is 5.75 Å². The third kappa shape index (κ3) is 27.2. The standard InChI is InChI=1S/C8H9ClO.3CO.BF4.Mn/c1-6-7(9)4-3-5-8(6)10-2;3*1-2;2-1(3,4)5;/h3-5H,1-2H3;;;;;/q;;;;-1;. The van der Waals surface area contributed by atoms with Gasteiger partial charge in [0.2, 0.25) is 0 Å². The molecule has 1 aromatic rings. The molecule has 0 saturated carbocycles. The smallest absolute Gasteiger partial charge is 0 e. The molecule has 0 atom stereocenters. The molecule has 0 saturated heterocycles. The minimum atomic E-state index is -6.00. The summed E-state index contributed by atoms with van der Waals surface area (Å²) < 4.78 is 66.5. The molecule has 0 N–H and O–H groups in total. The molecule has 4 nitrogen and oxygen atoms in total. The van der Waals surface area contributed by atoms with Gasteiger partial charge in [-0.3, -0.25) is 0 Å². The molecule has 11 heteroatoms. The second-order valence-corrected chi connectivity index (χ2v) is 2.97. The van der Waals surface area contributed by atoms with Crippen molar-refractivity contribution in [2.45, 2.75) is 6.92 Å². The zero-order valence-electron chi connectivity index (χ0n) is 11.2. The number of ether oxygens (including phenoxy) is 1. The van der Waals surface area contributed by atoms with Crippen LogP contribution in [0.4, 0.5) is 17.3 Å². The molecular formula is C11H9BClF4MnO4-. The Kier molecular flexibility index (Phi) is 32.9. The Morgan fingerprint density at radius 1 is 1.00 bits per heavy atom. The van der Waals surface area contributed by atoms with Crippen molar-refractivity contribution in [1.29, 1.82) is 0 Å². The van der Waals surface area contributed by atoms with Crippen LogP contribution in [0.1, 0.15) is 5.56 Å². The molecule has 0 heterocycles. The van der Waals surface area contributed by atoms with E-state index < -0.39 is 7.25 Å². The fraction of sp³-hybridized carbons (Fsp3) is 0.182. The molecule has 1 rings (SSSR count). The van der Waals surface area contributed by atoms with Gasteiger partial charge in [0.25, 0.3) is 0 Å². The molecule has 0 aliphatic rings. The van der Waals surface area contributed by atoms with Gasteiger partial charge in [0.15, 0.2) is 0 Å². The monoisotopic (exact) mass is 382 g/mol. The van der Waals surface area contributed by atoms with Crippen LogP contribution in [0, 0.1) is 26.9 Å². The van der Waals surface area contributed by atoms with Crippen molar-refractivity contribution in [2.75, 3.05) is 7.11 Å². The van der Waals surface area contributed by atoms with E-state index in [0.717, 1.165) is 16.3 Å². The summed E-state index contributed by atoms with van der Waals surface area (Å²) in [5.41, 5.74) is 0.992. The van der Waals surface area contributed by atoms with Crippen LogP contribution in [0.25, 0.3) is 0 Å². The first-order valence-corrected chi connectivity index (χ1v) is 4.91. The van der Waals surface area contributed by atoms with Crippen molar-refractivity contribution < 1.29 is 53.0 Å². The fourth-order valence-electron chi connectivity index (χ4n) is 0.809. The normalized spacial score (nSPS) is 7.32. The summed E-state index contributed by atoms with van der Waals surface area (Å²) in [7, 11) is -4.36. The van der Waals surface area contributed by atoms with E-state index in [1.165, 1.54) is 0 Å². The summed E-state index contributed by atoms with van der Waals surface area (Å²) in [5, 5.41) is 0.749. The van der Waals surface area contributed by atoms with Gasteiger partial charge in [0.1, 0.15) is 5.75 Å². The summed E-state index contributed by atoms with van der Waals surface area (Å²) in [4.78, 5) is 0. The molecule has 0 aliphatic heterocycles. The number of hydrogen-bond acceptors (Lipinski definition) is 1. The average Bonchev–Trinajstić information content (AvgIpc) is 2.47. The van der Waals surface area contributed by atoms with Gasteiger partial charge in [-0.25, -0.2) is 0 Å². The first-order chi connectivity index (χ1) is 9.75. The van der Waals surface area contributed by atoms with Gasteiger partial charge in [-0.1, -0.05) is 17.7 Å². The van der Waals surface area contributed by atoms with Crippen LogP contribution < -0.4 is 4.74 Å². The number of halogens is 5. The number of methoxy groups -OCH3 is 1. The number of hydrogen-bond donors (Lipinski definition) is 0. The van der Waals surface area contributed by atoms with Crippen LogP contribution in [-0.4, -0.2) is 14.4 Å². The maximum absolute atomic E-state index is 9.75. The SMILES string of the molecule is COc1cccc(Cl)c1C.F[B-](F)(F)F.[C-]#[O+].[C-]#[O+].[C-]#[O+].[Mn]. The predicted molar refractivity (Wildman–Crippen MR) is 64.7 cm³/mol. The van der Waals surface area contributed by atoms with E-state index >= 15 is 0 Å². The van der Waals surface area contributed by atoms with E-state index in [1.54, 1.807) is 7.11 Å². The molecule has 1 radical (unpaired) electrons. The quantitative estimate of drug-likeness (QED) is 0.315. The first kappa shape index (κ1) is 32.7. The van der Waals surface area contributed by atoms with Crippen molar-refractivity contribution in [3.05, 3.63) is 48.7 Å². The Morgan fingerprint density at radius 3 is 1.55 bits per heavy atom. The second-order valence-electron chi connectivity index (χ2n) is 2.56. The molecule has 0 aromatic heterocycles. The van der Waals surface area contributed by atoms with Crippen molar-refractivity contribution in [2.24, 2.45) is 0 Å². The Labute approximate surface area is 140 Å². The van der Waals surface area contributed by atoms with Gasteiger partial charge in [-0.2, -0.15) is 0 Å². The summed E-state index contributed by atoms with van der Waals surface area (Å²) in [6, 6.07) is 5.61. The summed E-state index contributed by atoms with van der Waals surface area (Å²) in [6.45, 7) is 15.4. The van der Waals surface area contributed by atoms with Crippen molar-refractivity contribution >= 4 is 18.9 Å². The maximum atomic E-state index is 9.75. The Balaban J connectivity index is -0.0000000691. The third-order valence-electron chi connectivity index (χ3n) is 1.44. The molecule has 0 spiro atoms. The van der Waals surface area contributed by atoms with Gasteiger partial charge in [-0.15, -0.1) is 0 Å². The van der Waals surface area contributed by atoms with Gasteiger partial charge in [-0.05, 0) is 19.1 Å². The van der Waals surface area contributed by atoms with Crippen LogP contribution in [0.15, 0.2) is 18.2 Å². The summed E-state index contributed by atoms with van der Waals surface area (Å²) >= 11 is 5.81. The Bertz CT molecular complexity index is 418. The molecule has 22 heavy (non-hydrogen) atoms. The Morgan fingerprint density at radius 2 is 1.32 bits per heavy atom. The number of benzene rings is 1. The number of rotatable bonds is 1. The summed E-state index contributed by atoms with van der Waals surface area (Å²) in [6.07, 6.45) is 0. The maximum Gasteiger partial charge on any atom is 0 e. The molecule has 0 amide bonds. The predicted octanol–water partition coefficient (Wildman–Crippen LogP) is 3.84. The van der Waals surface area contributed by atoms with Crippen LogP contribution in [-0.2, 0) is 31.0 Å². The van der Waals surface area contributed by atoms with Crippen molar-refractivity contribution in [1.82, 2.24) is 0 Å². The molecule has 123 valence electrons. The van der Waals surface area contributed by atoms with E-state index in [-0.39, 0.29) is 17.1 Å².